The van der Waals surface area contributed by atoms with Crippen molar-refractivity contribution in [2.45, 2.75) is 72.1 Å². The number of rotatable bonds is 15. The van der Waals surface area contributed by atoms with Crippen molar-refractivity contribution in [2.75, 3.05) is 13.2 Å². The summed E-state index contributed by atoms with van der Waals surface area (Å²) in [5, 5.41) is 1.41. The second-order valence-corrected chi connectivity index (χ2v) is 9.51. The van der Waals surface area contributed by atoms with E-state index in [0.717, 1.165) is 41.6 Å². The normalized spacial score (nSPS) is 10.9. The minimum Gasteiger partial charge on any atom is -0.493 e. The first kappa shape index (κ1) is 29.1. The number of aryl methyl sites for hydroxylation is 1. The molecule has 0 amide bonds. The summed E-state index contributed by atoms with van der Waals surface area (Å²) in [6.07, 6.45) is 9.25. The Morgan fingerprint density at radius 3 is 2.19 bits per heavy atom. The Hall–Kier alpha value is -0.973. The molecule has 171 valence electrons. The molecule has 1 radical (unpaired) electrons. The maximum Gasteiger partial charge on any atom is 0.187 e. The Bertz CT molecular complexity index is 808. The number of hydrogen-bond acceptors (Lipinski definition) is 3. The summed E-state index contributed by atoms with van der Waals surface area (Å²) < 4.78 is 12.0. The Kier molecular flexibility index (Phi) is 15.1. The van der Waals surface area contributed by atoms with E-state index in [4.69, 9.17) is 21.1 Å². The smallest absolute Gasteiger partial charge is 0.187 e. The van der Waals surface area contributed by atoms with Crippen LogP contribution in [0.5, 0.6) is 11.5 Å². The molecule has 0 fully saturated rings. The molecule has 2 aromatic rings. The third-order valence-electron chi connectivity index (χ3n) is 5.17. The van der Waals surface area contributed by atoms with Gasteiger partial charge in [-0.15, -0.1) is 0 Å². The first-order chi connectivity index (χ1) is 15.1. The van der Waals surface area contributed by atoms with Gasteiger partial charge in [-0.25, -0.2) is 0 Å². The average Bonchev–Trinajstić information content (AvgIpc) is 2.75. The van der Waals surface area contributed by atoms with Crippen molar-refractivity contribution in [3.8, 4) is 11.5 Å². The summed E-state index contributed by atoms with van der Waals surface area (Å²) in [7, 11) is -0.0458. The van der Waals surface area contributed by atoms with E-state index in [1.165, 1.54) is 32.1 Å². The molecule has 3 nitrogen and oxygen atoms in total. The van der Waals surface area contributed by atoms with Crippen LogP contribution in [0.15, 0.2) is 36.4 Å². The number of carbonyl (C=O) groups excluding carboxylic acids is 1. The zero-order valence-electron chi connectivity index (χ0n) is 20.1. The maximum absolute atomic E-state index is 13.0. The quantitative estimate of drug-likeness (QED) is 0.155. The van der Waals surface area contributed by atoms with Gasteiger partial charge in [-0.1, -0.05) is 76.1 Å². The molecule has 0 saturated heterocycles. The van der Waals surface area contributed by atoms with Crippen molar-refractivity contribution in [1.29, 1.82) is 0 Å². The summed E-state index contributed by atoms with van der Waals surface area (Å²) in [6, 6.07) is 11.4. The van der Waals surface area contributed by atoms with E-state index in [0.29, 0.717) is 23.8 Å². The zero-order valence-corrected chi connectivity index (χ0v) is 21.9. The molecule has 0 aromatic heterocycles. The van der Waals surface area contributed by atoms with E-state index in [2.05, 4.69) is 13.8 Å². The standard InChI is InChI=1S/C26H36ClO3P.Li/c1-4-6-8-10-17-29-21-15-16-24(23(19-21)30-18-11-9-7-5-2)31-26(28)25-20(3)13-12-14-22(25)27;/h12-16,19,31H,4-11,17-18H2,1-3H3;. The molecule has 0 aliphatic rings. The monoisotopic (exact) mass is 469 g/mol. The van der Waals surface area contributed by atoms with Crippen molar-refractivity contribution in [3.05, 3.63) is 52.5 Å². The van der Waals surface area contributed by atoms with Gasteiger partial charge >= 0.3 is 0 Å². The summed E-state index contributed by atoms with van der Waals surface area (Å²) in [5.41, 5.74) is 1.54. The number of unbranched alkanes of at least 4 members (excludes halogenated alkanes) is 6. The molecule has 1 unspecified atom stereocenters. The van der Waals surface area contributed by atoms with Gasteiger partial charge in [0.25, 0.3) is 0 Å². The van der Waals surface area contributed by atoms with Gasteiger partial charge in [0, 0.05) is 35.8 Å². The average molecular weight is 470 g/mol. The van der Waals surface area contributed by atoms with E-state index in [1.54, 1.807) is 6.07 Å². The van der Waals surface area contributed by atoms with Crippen LogP contribution in [0.1, 0.15) is 81.1 Å². The molecule has 0 saturated carbocycles. The van der Waals surface area contributed by atoms with Crippen molar-refractivity contribution < 1.29 is 14.3 Å². The van der Waals surface area contributed by atoms with Gasteiger partial charge in [0.2, 0.25) is 0 Å². The van der Waals surface area contributed by atoms with Gasteiger partial charge in [-0.05, 0) is 52.1 Å². The Labute approximate surface area is 213 Å². The SMILES string of the molecule is CCCCCCOc1ccc(PC(=O)c2c(C)cccc2Cl)c(OCCCCCC)c1.[Li]. The Morgan fingerprint density at radius 1 is 0.906 bits per heavy atom. The molecule has 0 aliphatic heterocycles. The summed E-state index contributed by atoms with van der Waals surface area (Å²) in [5.74, 6) is 1.55. The van der Waals surface area contributed by atoms with Gasteiger partial charge in [0.05, 0.1) is 18.2 Å². The van der Waals surface area contributed by atoms with Crippen molar-refractivity contribution in [1.82, 2.24) is 0 Å². The second-order valence-electron chi connectivity index (χ2n) is 7.86. The summed E-state index contributed by atoms with van der Waals surface area (Å²) in [6.45, 7) is 7.68. The molecule has 1 atom stereocenters. The van der Waals surface area contributed by atoms with Gasteiger partial charge in [-0.2, -0.15) is 0 Å². The molecule has 6 heteroatoms. The van der Waals surface area contributed by atoms with Crippen LogP contribution in [0.2, 0.25) is 5.02 Å². The van der Waals surface area contributed by atoms with E-state index in [-0.39, 0.29) is 33.0 Å². The van der Waals surface area contributed by atoms with Gasteiger partial charge in [0.1, 0.15) is 11.5 Å². The molecular formula is C26H36ClLiO3P. The van der Waals surface area contributed by atoms with Crippen LogP contribution >= 0.6 is 20.2 Å². The van der Waals surface area contributed by atoms with Crippen LogP contribution in [0, 0.1) is 6.92 Å². The molecule has 0 bridgehead atoms. The van der Waals surface area contributed by atoms with Gasteiger partial charge in [0.15, 0.2) is 5.52 Å². The third-order valence-corrected chi connectivity index (χ3v) is 6.65. The molecule has 0 heterocycles. The molecule has 2 aromatic carbocycles. The number of hydrogen-bond donors (Lipinski definition) is 0. The topological polar surface area (TPSA) is 35.5 Å². The second kappa shape index (κ2) is 16.6. The fourth-order valence-electron chi connectivity index (χ4n) is 3.35. The van der Waals surface area contributed by atoms with Crippen LogP contribution in [-0.4, -0.2) is 37.6 Å². The third kappa shape index (κ3) is 9.89. The molecule has 0 N–H and O–H groups in total. The summed E-state index contributed by atoms with van der Waals surface area (Å²) >= 11 is 6.31. The van der Waals surface area contributed by atoms with E-state index in [9.17, 15) is 4.79 Å². The predicted molar refractivity (Wildman–Crippen MR) is 140 cm³/mol. The van der Waals surface area contributed by atoms with E-state index in [1.807, 2.05) is 37.3 Å². The molecule has 0 spiro atoms. The first-order valence-electron chi connectivity index (χ1n) is 11.5. The number of halogens is 1. The van der Waals surface area contributed by atoms with Crippen LogP contribution < -0.4 is 14.8 Å². The van der Waals surface area contributed by atoms with E-state index >= 15 is 0 Å². The number of carbonyl (C=O) groups is 1. The minimum atomic E-state index is -0.0458. The van der Waals surface area contributed by atoms with Crippen molar-refractivity contribution in [2.24, 2.45) is 0 Å². The van der Waals surface area contributed by atoms with Crippen LogP contribution in [0.3, 0.4) is 0 Å². The van der Waals surface area contributed by atoms with Crippen molar-refractivity contribution >= 4 is 49.9 Å². The number of ether oxygens (including phenoxy) is 2. The molecule has 0 aliphatic carbocycles. The van der Waals surface area contributed by atoms with Crippen LogP contribution in [-0.2, 0) is 0 Å². The molecular weight excluding hydrogens is 434 g/mol. The van der Waals surface area contributed by atoms with Gasteiger partial charge < -0.3 is 9.47 Å². The van der Waals surface area contributed by atoms with Gasteiger partial charge in [-0.3, -0.25) is 4.79 Å². The van der Waals surface area contributed by atoms with Crippen molar-refractivity contribution in [3.63, 3.8) is 0 Å². The largest absolute Gasteiger partial charge is 0.493 e. The molecule has 2 rings (SSSR count). The number of benzene rings is 2. The van der Waals surface area contributed by atoms with E-state index < -0.39 is 0 Å². The van der Waals surface area contributed by atoms with Crippen LogP contribution in [0.25, 0.3) is 0 Å². The fraction of sp³-hybridized carbons (Fsp3) is 0.500. The minimum absolute atomic E-state index is 0. The Morgan fingerprint density at radius 2 is 1.56 bits per heavy atom. The first-order valence-corrected chi connectivity index (χ1v) is 12.9. The maximum atomic E-state index is 13.0. The van der Waals surface area contributed by atoms with Crippen LogP contribution in [0.4, 0.5) is 0 Å². The fourth-order valence-corrected chi connectivity index (χ4v) is 4.87. The Balaban J connectivity index is 0.00000512. The molecule has 32 heavy (non-hydrogen) atoms. The summed E-state index contributed by atoms with van der Waals surface area (Å²) in [4.78, 5) is 13.0. The predicted octanol–water partition coefficient (Wildman–Crippen LogP) is 7.33. The zero-order chi connectivity index (χ0) is 22.5.